The summed E-state index contributed by atoms with van der Waals surface area (Å²) in [5.74, 6) is -1.08. The first-order valence-electron chi connectivity index (χ1n) is 11.9. The first-order valence-corrected chi connectivity index (χ1v) is 14.9. The Morgan fingerprint density at radius 1 is 1.12 bits per heavy atom. The van der Waals surface area contributed by atoms with Gasteiger partial charge in [0.25, 0.3) is 5.91 Å². The predicted octanol–water partition coefficient (Wildman–Crippen LogP) is 4.72. The lowest BCUT2D eigenvalue weighted by Crippen LogP contribution is -2.40. The van der Waals surface area contributed by atoms with Crippen molar-refractivity contribution >= 4 is 77.6 Å². The maximum absolute atomic E-state index is 13.7. The van der Waals surface area contributed by atoms with Crippen LogP contribution in [0.3, 0.4) is 0 Å². The highest BCUT2D eigenvalue weighted by Crippen LogP contribution is 2.36. The molecular formula is C25H21BrCl2N6O5S. The number of pyridine rings is 2. The molecule has 11 nitrogen and oxygen atoms in total. The molecule has 15 heteroatoms. The van der Waals surface area contributed by atoms with Crippen LogP contribution in [0.15, 0.2) is 64.4 Å². The van der Waals surface area contributed by atoms with Crippen molar-refractivity contribution in [1.82, 2.24) is 14.9 Å². The lowest BCUT2D eigenvalue weighted by Gasteiger charge is -2.24. The van der Waals surface area contributed by atoms with Crippen molar-refractivity contribution < 1.29 is 22.2 Å². The molecule has 2 aliphatic rings. The van der Waals surface area contributed by atoms with Gasteiger partial charge in [0.1, 0.15) is 6.04 Å². The van der Waals surface area contributed by atoms with Gasteiger partial charge < -0.3 is 14.4 Å². The van der Waals surface area contributed by atoms with Gasteiger partial charge in [0, 0.05) is 47.5 Å². The van der Waals surface area contributed by atoms with Gasteiger partial charge in [0.15, 0.2) is 10.9 Å². The lowest BCUT2D eigenvalue weighted by molar-refractivity contribution is -0.117. The molecule has 1 aromatic carbocycles. The normalized spacial score (nSPS) is 16.9. The Bertz CT molecular complexity index is 1620. The third-order valence-corrected chi connectivity index (χ3v) is 8.57. The first kappa shape index (κ1) is 28.3. The van der Waals surface area contributed by atoms with Gasteiger partial charge in [-0.3, -0.25) is 9.59 Å². The summed E-state index contributed by atoms with van der Waals surface area (Å²) in [6.45, 7) is 0. The molecule has 1 saturated carbocycles. The molecule has 40 heavy (non-hydrogen) atoms. The van der Waals surface area contributed by atoms with E-state index in [2.05, 4.69) is 36.3 Å². The number of aromatic nitrogens is 2. The van der Waals surface area contributed by atoms with E-state index in [4.69, 9.17) is 27.4 Å². The number of carbonyl (C=O) groups is 2. The molecule has 2 amide bonds. The van der Waals surface area contributed by atoms with Crippen molar-refractivity contribution in [3.05, 3.63) is 74.9 Å². The molecule has 0 spiro atoms. The Balaban J connectivity index is 1.48. The molecule has 0 radical (unpaired) electrons. The summed E-state index contributed by atoms with van der Waals surface area (Å²) in [4.78, 5) is 36.7. The zero-order valence-electron chi connectivity index (χ0n) is 20.8. The summed E-state index contributed by atoms with van der Waals surface area (Å²) in [6, 6.07) is 9.58. The van der Waals surface area contributed by atoms with Crippen LogP contribution in [0.2, 0.25) is 10.0 Å². The molecule has 3 heterocycles. The largest absolute Gasteiger partial charge is 0.357 e. The number of amides is 2. The Morgan fingerprint density at radius 2 is 1.88 bits per heavy atom. The second kappa shape index (κ2) is 11.3. The molecule has 0 saturated heterocycles. The zero-order chi connectivity index (χ0) is 28.6. The molecule has 1 unspecified atom stereocenters. The number of nitrogens with one attached hydrogen (secondary N) is 1. The number of hydrogen-bond acceptors (Lipinski definition) is 9. The highest BCUT2D eigenvalue weighted by molar-refractivity contribution is 9.10. The van der Waals surface area contributed by atoms with E-state index in [1.54, 1.807) is 36.2 Å². The minimum Gasteiger partial charge on any atom is -0.357 e. The molecule has 1 fully saturated rings. The smallest absolute Gasteiger partial charge is 0.356 e. The maximum Gasteiger partial charge on any atom is 0.356 e. The summed E-state index contributed by atoms with van der Waals surface area (Å²) in [5.41, 5.74) is 0.356. The molecule has 1 atom stereocenters. The number of nitrogens with zero attached hydrogens (tertiary/aromatic N) is 5. The van der Waals surface area contributed by atoms with Crippen molar-refractivity contribution in [2.45, 2.75) is 31.3 Å². The number of hydrazone groups is 1. The van der Waals surface area contributed by atoms with Crippen LogP contribution in [0.4, 0.5) is 11.5 Å². The standard InChI is InChI=1S/C25H21BrCl2N6O5S/c1-33(15-7-8-15)25(36)16-11-14(27)12-17(26)22(16)31-24(35)19-13-21(32-34(19)23-18(28)5-4-10-30-23)40(37,38)39-20-6-2-3-9-29-20/h2-6,9-12,15,19H,7-8,13H2,1H3,(H,31,35). The van der Waals surface area contributed by atoms with Crippen LogP contribution in [0.5, 0.6) is 5.88 Å². The summed E-state index contributed by atoms with van der Waals surface area (Å²) < 4.78 is 31.7. The third kappa shape index (κ3) is 5.92. The highest BCUT2D eigenvalue weighted by Gasteiger charge is 2.42. The van der Waals surface area contributed by atoms with Crippen LogP contribution in [0, 0.1) is 0 Å². The van der Waals surface area contributed by atoms with Gasteiger partial charge in [0.05, 0.1) is 16.3 Å². The number of carbonyl (C=O) groups excluding carboxylic acids is 2. The number of benzene rings is 1. The van der Waals surface area contributed by atoms with Crippen LogP contribution >= 0.6 is 39.1 Å². The number of anilines is 2. The summed E-state index contributed by atoms with van der Waals surface area (Å²) >= 11 is 16.0. The van der Waals surface area contributed by atoms with Gasteiger partial charge in [-0.2, -0.15) is 13.5 Å². The van der Waals surface area contributed by atoms with Crippen molar-refractivity contribution in [1.29, 1.82) is 0 Å². The first-order chi connectivity index (χ1) is 19.0. The van der Waals surface area contributed by atoms with E-state index in [1.165, 1.54) is 30.6 Å². The molecule has 1 N–H and O–H groups in total. The van der Waals surface area contributed by atoms with Crippen LogP contribution < -0.4 is 14.5 Å². The molecule has 3 aromatic rings. The quantitative estimate of drug-likeness (QED) is 0.358. The number of halogens is 3. The molecule has 1 aliphatic carbocycles. The van der Waals surface area contributed by atoms with Gasteiger partial charge in [-0.15, -0.1) is 0 Å². The summed E-state index contributed by atoms with van der Waals surface area (Å²) in [7, 11) is -2.76. The van der Waals surface area contributed by atoms with Crippen molar-refractivity contribution in [3.63, 3.8) is 0 Å². The van der Waals surface area contributed by atoms with E-state index in [0.29, 0.717) is 9.50 Å². The third-order valence-electron chi connectivity index (χ3n) is 6.21. The van der Waals surface area contributed by atoms with Crippen LogP contribution in [-0.2, 0) is 14.9 Å². The van der Waals surface area contributed by atoms with E-state index in [1.807, 2.05) is 0 Å². The van der Waals surface area contributed by atoms with Crippen molar-refractivity contribution in [3.8, 4) is 5.88 Å². The fraction of sp³-hybridized carbons (Fsp3) is 0.240. The van der Waals surface area contributed by atoms with E-state index in [9.17, 15) is 18.0 Å². The van der Waals surface area contributed by atoms with Crippen molar-refractivity contribution in [2.24, 2.45) is 5.10 Å². The minimum atomic E-state index is -4.45. The molecule has 5 rings (SSSR count). The van der Waals surface area contributed by atoms with E-state index < -0.39 is 27.1 Å². The molecule has 208 valence electrons. The van der Waals surface area contributed by atoms with E-state index in [0.717, 1.165) is 17.9 Å². The van der Waals surface area contributed by atoms with Gasteiger partial charge >= 0.3 is 10.1 Å². The van der Waals surface area contributed by atoms with E-state index >= 15 is 0 Å². The summed E-state index contributed by atoms with van der Waals surface area (Å²) in [5, 5.41) is 8.06. The molecule has 0 bridgehead atoms. The number of hydrogen-bond donors (Lipinski definition) is 1. The van der Waals surface area contributed by atoms with Crippen LogP contribution in [0.25, 0.3) is 0 Å². The van der Waals surface area contributed by atoms with E-state index in [-0.39, 0.29) is 46.3 Å². The lowest BCUT2D eigenvalue weighted by atomic mass is 10.1. The Kier molecular flexibility index (Phi) is 8.00. The molecule has 2 aromatic heterocycles. The Hall–Kier alpha value is -3.26. The minimum absolute atomic E-state index is 0.0623. The average molecular weight is 668 g/mol. The monoisotopic (exact) mass is 666 g/mol. The average Bonchev–Trinajstić information content (AvgIpc) is 3.67. The van der Waals surface area contributed by atoms with Gasteiger partial charge in [-0.1, -0.05) is 29.3 Å². The molecular weight excluding hydrogens is 647 g/mol. The SMILES string of the molecule is CN(C(=O)c1cc(Cl)cc(Br)c1NC(=O)C1CC(S(=O)(=O)Oc2ccccn2)=NN1c1ncccc1Cl)C1CC1. The zero-order valence-corrected chi connectivity index (χ0v) is 24.7. The van der Waals surface area contributed by atoms with Crippen LogP contribution in [-0.4, -0.2) is 59.3 Å². The Morgan fingerprint density at radius 3 is 2.55 bits per heavy atom. The highest BCUT2D eigenvalue weighted by atomic mass is 79.9. The fourth-order valence-corrected chi connectivity index (χ4v) is 6.12. The van der Waals surface area contributed by atoms with Crippen molar-refractivity contribution in [2.75, 3.05) is 17.4 Å². The maximum atomic E-state index is 13.7. The molecule has 1 aliphatic heterocycles. The van der Waals surface area contributed by atoms with Gasteiger partial charge in [-0.05, 0) is 59.1 Å². The number of rotatable bonds is 7. The van der Waals surface area contributed by atoms with Gasteiger partial charge in [-0.25, -0.2) is 15.0 Å². The second-order valence-electron chi connectivity index (χ2n) is 9.02. The predicted molar refractivity (Wildman–Crippen MR) is 154 cm³/mol. The van der Waals surface area contributed by atoms with Crippen LogP contribution in [0.1, 0.15) is 29.6 Å². The topological polar surface area (TPSA) is 134 Å². The second-order valence-corrected chi connectivity index (χ2v) is 12.3. The van der Waals surface area contributed by atoms with Gasteiger partial charge in [0.2, 0.25) is 11.8 Å². The Labute approximate surface area is 248 Å². The summed E-state index contributed by atoms with van der Waals surface area (Å²) in [6.07, 6.45) is 4.22. The fourth-order valence-electron chi connectivity index (χ4n) is 4.03.